The fraction of sp³-hybridized carbons (Fsp3) is 0.167. The number of carbonyl (C=O) groups excluding carboxylic acids is 1. The molecule has 0 fully saturated rings. The SMILES string of the molecule is COc1ccccc1-c1nnc(CCNC(=O)Nc2ccccc2)o1. The molecule has 0 spiro atoms. The molecule has 0 aliphatic carbocycles. The van der Waals surface area contributed by atoms with Gasteiger partial charge in [0.05, 0.1) is 12.7 Å². The Morgan fingerprint density at radius 3 is 2.64 bits per heavy atom. The van der Waals surface area contributed by atoms with E-state index in [-0.39, 0.29) is 6.03 Å². The van der Waals surface area contributed by atoms with Gasteiger partial charge in [-0.3, -0.25) is 0 Å². The summed E-state index contributed by atoms with van der Waals surface area (Å²) >= 11 is 0. The van der Waals surface area contributed by atoms with E-state index in [2.05, 4.69) is 20.8 Å². The minimum atomic E-state index is -0.282. The Morgan fingerprint density at radius 2 is 1.84 bits per heavy atom. The van der Waals surface area contributed by atoms with Gasteiger partial charge in [0.1, 0.15) is 5.75 Å². The van der Waals surface area contributed by atoms with E-state index in [0.717, 1.165) is 11.3 Å². The topological polar surface area (TPSA) is 89.3 Å². The molecule has 2 N–H and O–H groups in total. The van der Waals surface area contributed by atoms with Gasteiger partial charge in [0.15, 0.2) is 0 Å². The zero-order chi connectivity index (χ0) is 17.5. The summed E-state index contributed by atoms with van der Waals surface area (Å²) in [5, 5.41) is 13.5. The van der Waals surface area contributed by atoms with Gasteiger partial charge in [0, 0.05) is 18.7 Å². The van der Waals surface area contributed by atoms with Crippen LogP contribution in [0.15, 0.2) is 59.0 Å². The molecule has 7 heteroatoms. The maximum Gasteiger partial charge on any atom is 0.319 e. The van der Waals surface area contributed by atoms with Gasteiger partial charge in [-0.25, -0.2) is 4.79 Å². The van der Waals surface area contributed by atoms with Gasteiger partial charge in [-0.15, -0.1) is 10.2 Å². The molecule has 3 rings (SSSR count). The van der Waals surface area contributed by atoms with E-state index in [1.165, 1.54) is 0 Å². The first-order valence-corrected chi connectivity index (χ1v) is 7.82. The van der Waals surface area contributed by atoms with Crippen molar-refractivity contribution in [2.75, 3.05) is 19.0 Å². The maximum absolute atomic E-state index is 11.8. The number of urea groups is 1. The Morgan fingerprint density at radius 1 is 1.08 bits per heavy atom. The summed E-state index contributed by atoms with van der Waals surface area (Å²) in [5.41, 5.74) is 1.47. The summed E-state index contributed by atoms with van der Waals surface area (Å²) in [6.45, 7) is 0.381. The van der Waals surface area contributed by atoms with Crippen molar-refractivity contribution in [3.05, 3.63) is 60.5 Å². The van der Waals surface area contributed by atoms with Gasteiger partial charge in [-0.05, 0) is 24.3 Å². The predicted octanol–water partition coefficient (Wildman–Crippen LogP) is 3.11. The van der Waals surface area contributed by atoms with E-state index in [1.54, 1.807) is 7.11 Å². The standard InChI is InChI=1S/C18H18N4O3/c1-24-15-10-6-5-9-14(15)17-22-21-16(25-17)11-12-19-18(23)20-13-7-3-2-4-8-13/h2-10H,11-12H2,1H3,(H2,19,20,23). The van der Waals surface area contributed by atoms with E-state index in [4.69, 9.17) is 9.15 Å². The lowest BCUT2D eigenvalue weighted by molar-refractivity contribution is 0.252. The fourth-order valence-corrected chi connectivity index (χ4v) is 2.26. The highest BCUT2D eigenvalue weighted by molar-refractivity contribution is 5.89. The Kier molecular flexibility index (Phi) is 5.26. The number of benzene rings is 2. The number of rotatable bonds is 6. The zero-order valence-electron chi connectivity index (χ0n) is 13.7. The van der Waals surface area contributed by atoms with Crippen LogP contribution < -0.4 is 15.4 Å². The van der Waals surface area contributed by atoms with Crippen LogP contribution in [0.4, 0.5) is 10.5 Å². The largest absolute Gasteiger partial charge is 0.496 e. The number of anilines is 1. The molecule has 1 aromatic heterocycles. The highest BCUT2D eigenvalue weighted by atomic mass is 16.5. The predicted molar refractivity (Wildman–Crippen MR) is 93.5 cm³/mol. The van der Waals surface area contributed by atoms with Gasteiger partial charge >= 0.3 is 6.03 Å². The van der Waals surface area contributed by atoms with Crippen LogP contribution in [-0.4, -0.2) is 29.9 Å². The van der Waals surface area contributed by atoms with Crippen LogP contribution in [0.2, 0.25) is 0 Å². The summed E-state index contributed by atoms with van der Waals surface area (Å²) in [6, 6.07) is 16.4. The Hall–Kier alpha value is -3.35. The molecule has 3 aromatic rings. The number of nitrogens with one attached hydrogen (secondary N) is 2. The van der Waals surface area contributed by atoms with Crippen molar-refractivity contribution in [3.8, 4) is 17.2 Å². The zero-order valence-corrected chi connectivity index (χ0v) is 13.7. The van der Waals surface area contributed by atoms with Crippen LogP contribution in [0, 0.1) is 0 Å². The van der Waals surface area contributed by atoms with Crippen LogP contribution in [0.25, 0.3) is 11.5 Å². The molecule has 0 aliphatic heterocycles. The smallest absolute Gasteiger partial charge is 0.319 e. The van der Waals surface area contributed by atoms with Crippen molar-refractivity contribution in [2.24, 2.45) is 0 Å². The van der Waals surface area contributed by atoms with Crippen LogP contribution in [0.3, 0.4) is 0 Å². The van der Waals surface area contributed by atoms with Crippen molar-refractivity contribution < 1.29 is 13.9 Å². The third-order valence-corrected chi connectivity index (χ3v) is 3.46. The maximum atomic E-state index is 11.8. The number of hydrogen-bond acceptors (Lipinski definition) is 5. The van der Waals surface area contributed by atoms with Crippen LogP contribution in [-0.2, 0) is 6.42 Å². The van der Waals surface area contributed by atoms with E-state index in [0.29, 0.717) is 30.5 Å². The first-order valence-electron chi connectivity index (χ1n) is 7.82. The number of aromatic nitrogens is 2. The molecule has 7 nitrogen and oxygen atoms in total. The number of carbonyl (C=O) groups is 1. The molecule has 0 bridgehead atoms. The van der Waals surface area contributed by atoms with E-state index < -0.39 is 0 Å². The second-order valence-corrected chi connectivity index (χ2v) is 5.20. The average Bonchev–Trinajstić information content (AvgIpc) is 3.11. The molecule has 0 saturated carbocycles. The number of methoxy groups -OCH3 is 1. The molecule has 128 valence electrons. The van der Waals surface area contributed by atoms with E-state index >= 15 is 0 Å². The summed E-state index contributed by atoms with van der Waals surface area (Å²) < 4.78 is 10.9. The number of hydrogen-bond donors (Lipinski definition) is 2. The average molecular weight is 338 g/mol. The normalized spacial score (nSPS) is 10.3. The van der Waals surface area contributed by atoms with Crippen molar-refractivity contribution in [3.63, 3.8) is 0 Å². The molecule has 0 saturated heterocycles. The van der Waals surface area contributed by atoms with Gasteiger partial charge in [0.25, 0.3) is 5.89 Å². The lowest BCUT2D eigenvalue weighted by Gasteiger charge is -2.06. The third-order valence-electron chi connectivity index (χ3n) is 3.46. The fourth-order valence-electron chi connectivity index (χ4n) is 2.26. The van der Waals surface area contributed by atoms with Crippen molar-refractivity contribution in [2.45, 2.75) is 6.42 Å². The molecule has 0 aliphatic rings. The van der Waals surface area contributed by atoms with Crippen molar-refractivity contribution in [1.29, 1.82) is 0 Å². The van der Waals surface area contributed by atoms with Crippen molar-refractivity contribution in [1.82, 2.24) is 15.5 Å². The van der Waals surface area contributed by atoms with Crippen LogP contribution >= 0.6 is 0 Å². The van der Waals surface area contributed by atoms with Gasteiger partial charge in [-0.2, -0.15) is 0 Å². The highest BCUT2D eigenvalue weighted by Crippen LogP contribution is 2.28. The molecule has 1 heterocycles. The Labute approximate surface area is 145 Å². The summed E-state index contributed by atoms with van der Waals surface area (Å²) in [5.74, 6) is 1.50. The minimum Gasteiger partial charge on any atom is -0.496 e. The molecular formula is C18H18N4O3. The van der Waals surface area contributed by atoms with Gasteiger partial charge in [0.2, 0.25) is 5.89 Å². The second-order valence-electron chi connectivity index (χ2n) is 5.20. The lowest BCUT2D eigenvalue weighted by atomic mass is 10.2. The van der Waals surface area contributed by atoms with Gasteiger partial charge in [-0.1, -0.05) is 30.3 Å². The van der Waals surface area contributed by atoms with E-state index in [1.807, 2.05) is 54.6 Å². The third kappa shape index (κ3) is 4.35. The van der Waals surface area contributed by atoms with Crippen molar-refractivity contribution >= 4 is 11.7 Å². The molecule has 2 aromatic carbocycles. The molecule has 25 heavy (non-hydrogen) atoms. The number of ether oxygens (including phenoxy) is 1. The summed E-state index contributed by atoms with van der Waals surface area (Å²) in [4.78, 5) is 11.8. The molecule has 0 atom stereocenters. The Bertz CT molecular complexity index is 833. The van der Waals surface area contributed by atoms with Crippen LogP contribution in [0.5, 0.6) is 5.75 Å². The quantitative estimate of drug-likeness (QED) is 0.721. The lowest BCUT2D eigenvalue weighted by Crippen LogP contribution is -2.30. The van der Waals surface area contributed by atoms with Gasteiger partial charge < -0.3 is 19.8 Å². The summed E-state index contributed by atoms with van der Waals surface area (Å²) in [6.07, 6.45) is 0.435. The minimum absolute atomic E-state index is 0.282. The monoisotopic (exact) mass is 338 g/mol. The molecule has 0 radical (unpaired) electrons. The first kappa shape index (κ1) is 16.5. The van der Waals surface area contributed by atoms with E-state index in [9.17, 15) is 4.79 Å². The first-order chi connectivity index (χ1) is 12.3. The Balaban J connectivity index is 1.53. The summed E-state index contributed by atoms with van der Waals surface area (Å²) in [7, 11) is 1.59. The number of para-hydroxylation sites is 2. The number of amides is 2. The number of nitrogens with zero attached hydrogens (tertiary/aromatic N) is 2. The highest BCUT2D eigenvalue weighted by Gasteiger charge is 2.13. The van der Waals surface area contributed by atoms with Crippen LogP contribution in [0.1, 0.15) is 5.89 Å². The molecule has 0 unspecified atom stereocenters. The molecule has 2 amide bonds. The second kappa shape index (κ2) is 7.96. The molecular weight excluding hydrogens is 320 g/mol.